The van der Waals surface area contributed by atoms with Crippen molar-refractivity contribution >= 4 is 18.3 Å². The molecule has 1 aliphatic heterocycles. The van der Waals surface area contributed by atoms with E-state index in [9.17, 15) is 18.0 Å². The molecule has 0 aromatic carbocycles. The molecule has 1 aliphatic rings. The van der Waals surface area contributed by atoms with E-state index in [1.165, 1.54) is 16.9 Å². The van der Waals surface area contributed by atoms with Gasteiger partial charge in [0.1, 0.15) is 0 Å². The lowest BCUT2D eigenvalue weighted by molar-refractivity contribution is -0.137. The van der Waals surface area contributed by atoms with Crippen molar-refractivity contribution in [3.63, 3.8) is 0 Å². The zero-order chi connectivity index (χ0) is 20.5. The van der Waals surface area contributed by atoms with Gasteiger partial charge in [-0.05, 0) is 44.4 Å². The van der Waals surface area contributed by atoms with Crippen LogP contribution < -0.4 is 10.6 Å². The van der Waals surface area contributed by atoms with Crippen LogP contribution in [0, 0.1) is 0 Å². The van der Waals surface area contributed by atoms with Gasteiger partial charge in [-0.2, -0.15) is 18.3 Å². The Hall–Kier alpha value is -2.13. The summed E-state index contributed by atoms with van der Waals surface area (Å²) in [5.41, 5.74) is 0.196. The predicted octanol–water partition coefficient (Wildman–Crippen LogP) is 3.70. The quantitative estimate of drug-likeness (QED) is 0.774. The Bertz CT molecular complexity index is 835. The number of aromatic nitrogens is 3. The van der Waals surface area contributed by atoms with Crippen molar-refractivity contribution < 1.29 is 18.0 Å². The van der Waals surface area contributed by atoms with Crippen LogP contribution in [0.4, 0.5) is 13.2 Å². The third kappa shape index (κ3) is 5.08. The summed E-state index contributed by atoms with van der Waals surface area (Å²) in [6.07, 6.45) is -0.347. The average molecular weight is 432 g/mol. The number of nitrogens with zero attached hydrogens (tertiary/aromatic N) is 3. The average Bonchev–Trinajstić information content (AvgIpc) is 3.08. The van der Waals surface area contributed by atoms with Crippen LogP contribution in [0.2, 0.25) is 0 Å². The Morgan fingerprint density at radius 3 is 2.59 bits per heavy atom. The number of hydrogen-bond donors (Lipinski definition) is 2. The second kappa shape index (κ2) is 9.13. The van der Waals surface area contributed by atoms with Gasteiger partial charge in [0.05, 0.1) is 23.0 Å². The molecular weight excluding hydrogens is 407 g/mol. The smallest absolute Gasteiger partial charge is 0.348 e. The fourth-order valence-corrected chi connectivity index (χ4v) is 3.44. The maximum Gasteiger partial charge on any atom is 0.417 e. The Labute approximate surface area is 173 Å². The van der Waals surface area contributed by atoms with Crippen LogP contribution in [0.15, 0.2) is 24.5 Å². The first-order valence-electron chi connectivity index (χ1n) is 9.34. The summed E-state index contributed by atoms with van der Waals surface area (Å²) in [6.45, 7) is 6.77. The van der Waals surface area contributed by atoms with Crippen molar-refractivity contribution in [1.29, 1.82) is 0 Å². The fourth-order valence-electron chi connectivity index (χ4n) is 3.44. The lowest BCUT2D eigenvalue weighted by Gasteiger charge is -2.30. The van der Waals surface area contributed by atoms with Crippen LogP contribution in [0.3, 0.4) is 0 Å². The number of nitrogens with one attached hydrogen (secondary N) is 2. The molecule has 2 aromatic rings. The van der Waals surface area contributed by atoms with Gasteiger partial charge in [-0.15, -0.1) is 12.4 Å². The number of pyridine rings is 1. The third-order valence-corrected chi connectivity index (χ3v) is 4.97. The molecule has 3 heterocycles. The highest BCUT2D eigenvalue weighted by molar-refractivity contribution is 5.95. The summed E-state index contributed by atoms with van der Waals surface area (Å²) in [4.78, 5) is 16.8. The molecule has 2 unspecified atom stereocenters. The van der Waals surface area contributed by atoms with Crippen molar-refractivity contribution in [3.05, 3.63) is 41.3 Å². The lowest BCUT2D eigenvalue weighted by atomic mass is 9.99. The van der Waals surface area contributed by atoms with Gasteiger partial charge in [-0.1, -0.05) is 13.8 Å². The molecule has 1 saturated heterocycles. The maximum absolute atomic E-state index is 12.9. The minimum absolute atomic E-state index is 0. The molecule has 6 nitrogen and oxygen atoms in total. The SMILES string of the molecule is CC(C)c1c(C(=O)NC2CCCNC2C)cnn1-c1ccc(C(F)(F)F)cn1.Cl. The molecule has 160 valence electrons. The lowest BCUT2D eigenvalue weighted by Crippen LogP contribution is -2.52. The van der Waals surface area contributed by atoms with Crippen LogP contribution >= 0.6 is 12.4 Å². The molecule has 3 rings (SSSR count). The molecule has 1 fully saturated rings. The predicted molar refractivity (Wildman–Crippen MR) is 106 cm³/mol. The summed E-state index contributed by atoms with van der Waals surface area (Å²) in [6, 6.07) is 2.42. The summed E-state index contributed by atoms with van der Waals surface area (Å²) in [5.74, 6) is -0.0693. The van der Waals surface area contributed by atoms with Crippen LogP contribution in [-0.4, -0.2) is 39.3 Å². The number of hydrogen-bond acceptors (Lipinski definition) is 4. The summed E-state index contributed by atoms with van der Waals surface area (Å²) in [7, 11) is 0. The van der Waals surface area contributed by atoms with E-state index in [2.05, 4.69) is 20.7 Å². The van der Waals surface area contributed by atoms with Gasteiger partial charge in [-0.25, -0.2) is 9.67 Å². The number of piperidine rings is 1. The maximum atomic E-state index is 12.9. The molecule has 0 radical (unpaired) electrons. The normalized spacial score (nSPS) is 19.7. The van der Waals surface area contributed by atoms with E-state index in [-0.39, 0.29) is 42.1 Å². The van der Waals surface area contributed by atoms with Crippen molar-refractivity contribution in [2.75, 3.05) is 6.54 Å². The molecule has 1 amide bonds. The fraction of sp³-hybridized carbons (Fsp3) is 0.526. The van der Waals surface area contributed by atoms with Gasteiger partial charge in [-0.3, -0.25) is 4.79 Å². The van der Waals surface area contributed by atoms with E-state index < -0.39 is 11.7 Å². The standard InChI is InChI=1S/C19H24F3N5O.ClH/c1-11(2)17-14(18(28)26-15-5-4-8-23-12(15)3)10-25-27(17)16-7-6-13(9-24-16)19(20,21)22;/h6-7,9-12,15,23H,4-5,8H2,1-3H3,(H,26,28);1H. The number of carbonyl (C=O) groups excluding carboxylic acids is 1. The molecule has 0 spiro atoms. The summed E-state index contributed by atoms with van der Waals surface area (Å²) >= 11 is 0. The van der Waals surface area contributed by atoms with Gasteiger partial charge >= 0.3 is 6.18 Å². The highest BCUT2D eigenvalue weighted by Gasteiger charge is 2.31. The Morgan fingerprint density at radius 1 is 1.31 bits per heavy atom. The zero-order valence-corrected chi connectivity index (χ0v) is 17.3. The molecule has 29 heavy (non-hydrogen) atoms. The second-order valence-electron chi connectivity index (χ2n) is 7.38. The molecule has 2 atom stereocenters. The van der Waals surface area contributed by atoms with Crippen molar-refractivity contribution in [2.24, 2.45) is 0 Å². The highest BCUT2D eigenvalue weighted by Crippen LogP contribution is 2.29. The van der Waals surface area contributed by atoms with E-state index >= 15 is 0 Å². The van der Waals surface area contributed by atoms with Crippen molar-refractivity contribution in [3.8, 4) is 5.82 Å². The molecule has 2 N–H and O–H groups in total. The number of rotatable bonds is 4. The molecule has 0 saturated carbocycles. The van der Waals surface area contributed by atoms with Crippen LogP contribution in [-0.2, 0) is 6.18 Å². The Balaban J connectivity index is 0.00000300. The van der Waals surface area contributed by atoms with Crippen molar-refractivity contribution in [2.45, 2.75) is 57.8 Å². The van der Waals surface area contributed by atoms with Crippen molar-refractivity contribution in [1.82, 2.24) is 25.4 Å². The van der Waals surface area contributed by atoms with Gasteiger partial charge < -0.3 is 10.6 Å². The number of halogens is 4. The van der Waals surface area contributed by atoms with E-state index in [4.69, 9.17) is 0 Å². The molecule has 10 heteroatoms. The largest absolute Gasteiger partial charge is 0.417 e. The van der Waals surface area contributed by atoms with Gasteiger partial charge in [0.2, 0.25) is 0 Å². The molecule has 0 bridgehead atoms. The third-order valence-electron chi connectivity index (χ3n) is 4.97. The van der Waals surface area contributed by atoms with E-state index in [1.54, 1.807) is 0 Å². The Kier molecular flexibility index (Phi) is 7.29. The molecule has 0 aliphatic carbocycles. The van der Waals surface area contributed by atoms with Crippen LogP contribution in [0.5, 0.6) is 0 Å². The zero-order valence-electron chi connectivity index (χ0n) is 16.5. The topological polar surface area (TPSA) is 71.8 Å². The van der Waals surface area contributed by atoms with Crippen LogP contribution in [0.1, 0.15) is 61.1 Å². The minimum atomic E-state index is -4.45. The first kappa shape index (κ1) is 23.2. The van der Waals surface area contributed by atoms with Gasteiger partial charge in [0.25, 0.3) is 5.91 Å². The van der Waals surface area contributed by atoms with E-state index in [0.717, 1.165) is 31.6 Å². The van der Waals surface area contributed by atoms with Gasteiger partial charge in [0, 0.05) is 18.3 Å². The first-order chi connectivity index (χ1) is 13.2. The van der Waals surface area contributed by atoms with E-state index in [0.29, 0.717) is 11.3 Å². The summed E-state index contributed by atoms with van der Waals surface area (Å²) < 4.78 is 39.8. The molecule has 2 aromatic heterocycles. The number of amides is 1. The number of carbonyl (C=O) groups is 1. The number of alkyl halides is 3. The van der Waals surface area contributed by atoms with Gasteiger partial charge in [0.15, 0.2) is 5.82 Å². The van der Waals surface area contributed by atoms with E-state index in [1.807, 2.05) is 20.8 Å². The minimum Gasteiger partial charge on any atom is -0.348 e. The highest BCUT2D eigenvalue weighted by atomic mass is 35.5. The summed E-state index contributed by atoms with van der Waals surface area (Å²) in [5, 5.41) is 10.6. The molecular formula is C19H25ClF3N5O. The monoisotopic (exact) mass is 431 g/mol. The Morgan fingerprint density at radius 2 is 2.03 bits per heavy atom. The first-order valence-corrected chi connectivity index (χ1v) is 9.34. The second-order valence-corrected chi connectivity index (χ2v) is 7.38. The van der Waals surface area contributed by atoms with Crippen LogP contribution in [0.25, 0.3) is 5.82 Å².